The largest absolute Gasteiger partial charge is 0.298 e. The lowest BCUT2D eigenvalue weighted by Gasteiger charge is -2.25. The summed E-state index contributed by atoms with van der Waals surface area (Å²) in [5, 5.41) is 0. The summed E-state index contributed by atoms with van der Waals surface area (Å²) in [5.41, 5.74) is 0.588. The van der Waals surface area contributed by atoms with E-state index in [1.54, 1.807) is 0 Å². The van der Waals surface area contributed by atoms with Gasteiger partial charge in [0.1, 0.15) is 5.78 Å². The number of Topliss-reactive ketones (excluding diaryl/α,β-unsaturated/α-hetero) is 1. The Balaban J connectivity index is 4.56. The fraction of sp³-hybridized carbons (Fsp3) is 0.700. The van der Waals surface area contributed by atoms with Crippen LogP contribution in [0.1, 0.15) is 34.6 Å². The maximum absolute atomic E-state index is 11.5. The molecule has 0 amide bonds. The zero-order valence-corrected chi connectivity index (χ0v) is 8.19. The molecule has 0 aromatic carbocycles. The summed E-state index contributed by atoms with van der Waals surface area (Å²) in [6.45, 7) is 13.4. The van der Waals surface area contributed by atoms with Gasteiger partial charge in [0.05, 0.1) is 0 Å². The van der Waals surface area contributed by atoms with E-state index in [0.717, 1.165) is 5.57 Å². The first-order valence-electron chi connectivity index (χ1n) is 4.00. The molecule has 0 saturated carbocycles. The minimum atomic E-state index is -0.353. The molecule has 0 aromatic heterocycles. The first-order chi connectivity index (χ1) is 4.80. The fourth-order valence-electron chi connectivity index (χ4n) is 0.932. The van der Waals surface area contributed by atoms with Crippen LogP contribution in [-0.2, 0) is 4.79 Å². The maximum atomic E-state index is 11.5. The lowest BCUT2D eigenvalue weighted by Crippen LogP contribution is -2.29. The van der Waals surface area contributed by atoms with Crippen molar-refractivity contribution in [2.45, 2.75) is 34.6 Å². The van der Waals surface area contributed by atoms with Gasteiger partial charge >= 0.3 is 0 Å². The zero-order valence-electron chi connectivity index (χ0n) is 8.19. The summed E-state index contributed by atoms with van der Waals surface area (Å²) in [7, 11) is 0. The smallest absolute Gasteiger partial charge is 0.144 e. The molecule has 0 rings (SSSR count). The summed E-state index contributed by atoms with van der Waals surface area (Å²) >= 11 is 0. The number of hydrogen-bond acceptors (Lipinski definition) is 1. The summed E-state index contributed by atoms with van der Waals surface area (Å²) in [5.74, 6) is 0.367. The van der Waals surface area contributed by atoms with Crippen LogP contribution in [0.5, 0.6) is 0 Å². The average molecular weight is 154 g/mol. The van der Waals surface area contributed by atoms with Crippen molar-refractivity contribution < 1.29 is 4.79 Å². The van der Waals surface area contributed by atoms with Gasteiger partial charge in [-0.3, -0.25) is 4.79 Å². The minimum absolute atomic E-state index is 0.0988. The Morgan fingerprint density at radius 1 is 1.36 bits per heavy atom. The van der Waals surface area contributed by atoms with Crippen LogP contribution in [0.25, 0.3) is 0 Å². The van der Waals surface area contributed by atoms with Crippen molar-refractivity contribution in [2.75, 3.05) is 0 Å². The molecule has 0 aliphatic rings. The van der Waals surface area contributed by atoms with Gasteiger partial charge in [0.25, 0.3) is 0 Å². The standard InChI is InChI=1S/C10H18O/c1-7(2)9(11)10(5,6)8(3)4/h7H,3H2,1-2,4-6H3. The van der Waals surface area contributed by atoms with Crippen LogP contribution < -0.4 is 0 Å². The molecule has 0 atom stereocenters. The number of rotatable bonds is 3. The van der Waals surface area contributed by atoms with Crippen LogP contribution in [-0.4, -0.2) is 5.78 Å². The van der Waals surface area contributed by atoms with Crippen molar-refractivity contribution in [3.63, 3.8) is 0 Å². The van der Waals surface area contributed by atoms with E-state index in [4.69, 9.17) is 0 Å². The van der Waals surface area contributed by atoms with Crippen LogP contribution in [0, 0.1) is 11.3 Å². The topological polar surface area (TPSA) is 17.1 Å². The molecule has 0 N–H and O–H groups in total. The van der Waals surface area contributed by atoms with Gasteiger partial charge in [-0.25, -0.2) is 0 Å². The maximum Gasteiger partial charge on any atom is 0.144 e. The first-order valence-corrected chi connectivity index (χ1v) is 4.00. The summed E-state index contributed by atoms with van der Waals surface area (Å²) in [4.78, 5) is 11.5. The highest BCUT2D eigenvalue weighted by atomic mass is 16.1. The van der Waals surface area contributed by atoms with Gasteiger partial charge in [-0.2, -0.15) is 0 Å². The lowest BCUT2D eigenvalue weighted by molar-refractivity contribution is -0.128. The number of allylic oxidation sites excluding steroid dienone is 1. The Morgan fingerprint density at radius 3 is 1.82 bits per heavy atom. The summed E-state index contributed by atoms with van der Waals surface area (Å²) in [6, 6.07) is 0. The van der Waals surface area contributed by atoms with Crippen LogP contribution in [0.3, 0.4) is 0 Å². The average Bonchev–Trinajstić information content (AvgIpc) is 1.85. The normalized spacial score (nSPS) is 11.8. The van der Waals surface area contributed by atoms with Crippen molar-refractivity contribution in [3.05, 3.63) is 12.2 Å². The Kier molecular flexibility index (Phi) is 3.03. The molecule has 0 aliphatic heterocycles. The number of carbonyl (C=O) groups is 1. The monoisotopic (exact) mass is 154 g/mol. The number of ketones is 1. The highest BCUT2D eigenvalue weighted by Crippen LogP contribution is 2.28. The zero-order chi connectivity index (χ0) is 9.23. The SMILES string of the molecule is C=C(C)C(C)(C)C(=O)C(C)C. The molecule has 0 spiro atoms. The molecule has 0 aliphatic carbocycles. The van der Waals surface area contributed by atoms with Gasteiger partial charge in [0, 0.05) is 11.3 Å². The van der Waals surface area contributed by atoms with Crippen LogP contribution in [0.4, 0.5) is 0 Å². The summed E-state index contributed by atoms with van der Waals surface area (Å²) in [6.07, 6.45) is 0. The highest BCUT2D eigenvalue weighted by molar-refractivity contribution is 5.88. The van der Waals surface area contributed by atoms with Crippen LogP contribution in [0.2, 0.25) is 0 Å². The predicted molar refractivity (Wildman–Crippen MR) is 48.4 cm³/mol. The van der Waals surface area contributed by atoms with Gasteiger partial charge in [-0.15, -0.1) is 0 Å². The van der Waals surface area contributed by atoms with Gasteiger partial charge in [-0.1, -0.05) is 26.0 Å². The first kappa shape index (κ1) is 10.4. The molecule has 1 nitrogen and oxygen atoms in total. The van der Waals surface area contributed by atoms with Crippen LogP contribution >= 0.6 is 0 Å². The van der Waals surface area contributed by atoms with Crippen molar-refractivity contribution in [3.8, 4) is 0 Å². The second-order valence-corrected chi connectivity index (χ2v) is 3.92. The number of carbonyl (C=O) groups excluding carboxylic acids is 1. The third kappa shape index (κ3) is 2.18. The Hall–Kier alpha value is -0.590. The van der Waals surface area contributed by atoms with E-state index < -0.39 is 0 Å². The van der Waals surface area contributed by atoms with Crippen molar-refractivity contribution in [2.24, 2.45) is 11.3 Å². The quantitative estimate of drug-likeness (QED) is 0.571. The molecule has 0 saturated heterocycles. The van der Waals surface area contributed by atoms with E-state index in [1.807, 2.05) is 34.6 Å². The minimum Gasteiger partial charge on any atom is -0.298 e. The van der Waals surface area contributed by atoms with Crippen molar-refractivity contribution >= 4 is 5.78 Å². The molecule has 0 aromatic rings. The Labute approximate surface area is 69.5 Å². The van der Waals surface area contributed by atoms with Gasteiger partial charge in [0.2, 0.25) is 0 Å². The third-order valence-corrected chi connectivity index (χ3v) is 2.21. The molecule has 0 heterocycles. The van der Waals surface area contributed by atoms with E-state index in [1.165, 1.54) is 0 Å². The second kappa shape index (κ2) is 3.21. The molecular formula is C10H18O. The molecule has 0 unspecified atom stereocenters. The molecule has 1 heteroatoms. The Bertz CT molecular complexity index is 175. The van der Waals surface area contributed by atoms with Crippen LogP contribution in [0.15, 0.2) is 12.2 Å². The van der Waals surface area contributed by atoms with E-state index >= 15 is 0 Å². The Morgan fingerprint density at radius 2 is 1.73 bits per heavy atom. The fourth-order valence-corrected chi connectivity index (χ4v) is 0.932. The number of hydrogen-bond donors (Lipinski definition) is 0. The van der Waals surface area contributed by atoms with Crippen molar-refractivity contribution in [1.29, 1.82) is 0 Å². The van der Waals surface area contributed by atoms with Gasteiger partial charge in [0.15, 0.2) is 0 Å². The van der Waals surface area contributed by atoms with E-state index in [0.29, 0.717) is 0 Å². The third-order valence-electron chi connectivity index (χ3n) is 2.21. The van der Waals surface area contributed by atoms with Gasteiger partial charge < -0.3 is 0 Å². The van der Waals surface area contributed by atoms with Crippen molar-refractivity contribution in [1.82, 2.24) is 0 Å². The molecule has 0 radical (unpaired) electrons. The predicted octanol–water partition coefficient (Wildman–Crippen LogP) is 2.81. The second-order valence-electron chi connectivity index (χ2n) is 3.92. The molecule has 11 heavy (non-hydrogen) atoms. The van der Waals surface area contributed by atoms with E-state index in [-0.39, 0.29) is 17.1 Å². The highest BCUT2D eigenvalue weighted by Gasteiger charge is 2.29. The molecular weight excluding hydrogens is 136 g/mol. The molecule has 0 fully saturated rings. The molecule has 0 bridgehead atoms. The summed E-state index contributed by atoms with van der Waals surface area (Å²) < 4.78 is 0. The van der Waals surface area contributed by atoms with E-state index in [9.17, 15) is 4.79 Å². The lowest BCUT2D eigenvalue weighted by atomic mass is 9.77. The van der Waals surface area contributed by atoms with E-state index in [2.05, 4.69) is 6.58 Å². The van der Waals surface area contributed by atoms with Gasteiger partial charge in [-0.05, 0) is 20.8 Å². The molecule has 64 valence electrons.